The minimum absolute atomic E-state index is 0.675. The molecule has 2 nitrogen and oxygen atoms in total. The maximum atomic E-state index is 10.2. The predicted octanol–water partition coefficient (Wildman–Crippen LogP) is 0.692. The van der Waals surface area contributed by atoms with Gasteiger partial charge >= 0.3 is 0 Å². The summed E-state index contributed by atoms with van der Waals surface area (Å²) in [5.74, 6) is 0. The van der Waals surface area contributed by atoms with E-state index < -0.39 is 5.60 Å². The monoisotopic (exact) mass is 214 g/mol. The highest BCUT2D eigenvalue weighted by Crippen LogP contribution is 2.20. The zero-order valence-corrected chi connectivity index (χ0v) is 9.60. The molecular weight excluding hydrogens is 198 g/mol. The van der Waals surface area contributed by atoms with Crippen molar-refractivity contribution in [2.75, 3.05) is 20.6 Å². The summed E-state index contributed by atoms with van der Waals surface area (Å²) in [5.41, 5.74) is 0.117. The average Bonchev–Trinajstić information content (AvgIpc) is 2.02. The molecule has 0 aliphatic carbocycles. The molecule has 0 radical (unpaired) electrons. The number of halogens is 1. The van der Waals surface area contributed by atoms with Crippen molar-refractivity contribution in [1.82, 2.24) is 0 Å². The normalized spacial score (nSPS) is 15.6. The van der Waals surface area contributed by atoms with Gasteiger partial charge in [0.1, 0.15) is 12.1 Å². The third-order valence-corrected chi connectivity index (χ3v) is 2.42. The lowest BCUT2D eigenvalue weighted by Crippen LogP contribution is -3.07. The Morgan fingerprint density at radius 3 is 2.21 bits per heavy atom. The zero-order valence-electron chi connectivity index (χ0n) is 8.84. The minimum Gasteiger partial charge on any atom is -0.380 e. The van der Waals surface area contributed by atoms with E-state index in [0.29, 0.717) is 11.6 Å². The Kier molecular flexibility index (Phi) is 3.53. The van der Waals surface area contributed by atoms with Gasteiger partial charge in [-0.15, -0.1) is 0 Å². The number of hydrogen-bond acceptors (Lipinski definition) is 1. The lowest BCUT2D eigenvalue weighted by molar-refractivity contribution is -0.866. The van der Waals surface area contributed by atoms with Crippen molar-refractivity contribution in [3.63, 3.8) is 0 Å². The van der Waals surface area contributed by atoms with E-state index in [4.69, 9.17) is 11.6 Å². The first-order chi connectivity index (χ1) is 6.42. The van der Waals surface area contributed by atoms with Crippen molar-refractivity contribution in [3.8, 4) is 0 Å². The molecule has 1 atom stereocenters. The topological polar surface area (TPSA) is 24.7 Å². The molecule has 0 aliphatic heterocycles. The van der Waals surface area contributed by atoms with Crippen LogP contribution in [0, 0.1) is 0 Å². The van der Waals surface area contributed by atoms with Crippen LogP contribution in [-0.2, 0) is 5.60 Å². The fraction of sp³-hybridized carbons (Fsp3) is 0.455. The molecule has 0 heterocycles. The van der Waals surface area contributed by atoms with Crippen LogP contribution >= 0.6 is 11.6 Å². The molecule has 0 unspecified atom stereocenters. The molecule has 0 bridgehead atoms. The van der Waals surface area contributed by atoms with E-state index in [0.717, 1.165) is 5.56 Å². The Bertz CT molecular complexity index is 293. The van der Waals surface area contributed by atoms with Crippen LogP contribution in [0.4, 0.5) is 0 Å². The summed E-state index contributed by atoms with van der Waals surface area (Å²) in [7, 11) is 4.04. The van der Waals surface area contributed by atoms with E-state index in [1.54, 1.807) is 12.1 Å². The van der Waals surface area contributed by atoms with E-state index in [1.807, 2.05) is 33.2 Å². The van der Waals surface area contributed by atoms with Crippen molar-refractivity contribution in [2.45, 2.75) is 12.5 Å². The molecule has 1 rings (SSSR count). The average molecular weight is 215 g/mol. The number of benzene rings is 1. The second kappa shape index (κ2) is 4.30. The van der Waals surface area contributed by atoms with Crippen molar-refractivity contribution >= 4 is 11.6 Å². The molecule has 2 N–H and O–H groups in total. The fourth-order valence-corrected chi connectivity index (χ4v) is 1.73. The van der Waals surface area contributed by atoms with Gasteiger partial charge in [-0.2, -0.15) is 0 Å². The molecule has 3 heteroatoms. The van der Waals surface area contributed by atoms with Gasteiger partial charge in [0.15, 0.2) is 0 Å². The van der Waals surface area contributed by atoms with Crippen LogP contribution in [0.5, 0.6) is 0 Å². The maximum Gasteiger partial charge on any atom is 0.135 e. The highest BCUT2D eigenvalue weighted by molar-refractivity contribution is 6.30. The van der Waals surface area contributed by atoms with Gasteiger partial charge in [0, 0.05) is 5.02 Å². The first kappa shape index (κ1) is 11.5. The molecule has 78 valence electrons. The van der Waals surface area contributed by atoms with Crippen molar-refractivity contribution in [1.29, 1.82) is 0 Å². The quantitative estimate of drug-likeness (QED) is 0.761. The number of aliphatic hydroxyl groups is 1. The van der Waals surface area contributed by atoms with Crippen molar-refractivity contribution in [2.24, 2.45) is 0 Å². The first-order valence-corrected chi connectivity index (χ1v) is 5.07. The second-order valence-electron chi connectivity index (χ2n) is 4.16. The maximum absolute atomic E-state index is 10.2. The molecule has 0 saturated carbocycles. The number of nitrogens with one attached hydrogen (secondary N) is 1. The minimum atomic E-state index is -0.788. The SMILES string of the molecule is C[NH+](C)C[C@](C)(O)c1ccc(Cl)cc1. The van der Waals surface area contributed by atoms with Gasteiger partial charge in [-0.05, 0) is 24.6 Å². The van der Waals surface area contributed by atoms with Crippen molar-refractivity contribution in [3.05, 3.63) is 34.9 Å². The fourth-order valence-electron chi connectivity index (χ4n) is 1.60. The third-order valence-electron chi connectivity index (χ3n) is 2.16. The van der Waals surface area contributed by atoms with E-state index in [-0.39, 0.29) is 0 Å². The molecule has 0 aromatic heterocycles. The summed E-state index contributed by atoms with van der Waals surface area (Å²) in [4.78, 5) is 1.21. The van der Waals surface area contributed by atoms with E-state index in [9.17, 15) is 5.11 Å². The van der Waals surface area contributed by atoms with Crippen LogP contribution in [0.2, 0.25) is 5.02 Å². The largest absolute Gasteiger partial charge is 0.380 e. The number of quaternary nitrogens is 1. The lowest BCUT2D eigenvalue weighted by atomic mass is 9.96. The molecule has 0 amide bonds. The summed E-state index contributed by atoms with van der Waals surface area (Å²) in [6.45, 7) is 2.50. The molecule has 14 heavy (non-hydrogen) atoms. The number of likely N-dealkylation sites (N-methyl/N-ethyl adjacent to an activating group) is 1. The van der Waals surface area contributed by atoms with Gasteiger partial charge in [-0.25, -0.2) is 0 Å². The van der Waals surface area contributed by atoms with Crippen LogP contribution in [-0.4, -0.2) is 25.7 Å². The summed E-state index contributed by atoms with van der Waals surface area (Å²) in [6, 6.07) is 7.34. The summed E-state index contributed by atoms with van der Waals surface area (Å²) in [5, 5.41) is 10.9. The molecule has 0 spiro atoms. The van der Waals surface area contributed by atoms with E-state index in [2.05, 4.69) is 0 Å². The standard InChI is InChI=1S/C11H16ClNO/c1-11(14,8-13(2)3)9-4-6-10(12)7-5-9/h4-7,14H,8H2,1-3H3/p+1/t11-/m0/s1. The second-order valence-corrected chi connectivity index (χ2v) is 4.60. The summed E-state index contributed by atoms with van der Waals surface area (Å²) < 4.78 is 0. The molecule has 0 saturated heterocycles. The van der Waals surface area contributed by atoms with Gasteiger partial charge in [0.25, 0.3) is 0 Å². The van der Waals surface area contributed by atoms with Gasteiger partial charge < -0.3 is 10.0 Å². The molecule has 1 aromatic rings. The Hall–Kier alpha value is -0.570. The van der Waals surface area contributed by atoms with Gasteiger partial charge in [0.2, 0.25) is 0 Å². The zero-order chi connectivity index (χ0) is 10.8. The number of hydrogen-bond donors (Lipinski definition) is 2. The van der Waals surface area contributed by atoms with Crippen LogP contribution in [0.15, 0.2) is 24.3 Å². The third kappa shape index (κ3) is 2.98. The van der Waals surface area contributed by atoms with Gasteiger partial charge in [-0.1, -0.05) is 23.7 Å². The first-order valence-electron chi connectivity index (χ1n) is 4.69. The molecule has 0 fully saturated rings. The van der Waals surface area contributed by atoms with Crippen LogP contribution in [0.1, 0.15) is 12.5 Å². The lowest BCUT2D eigenvalue weighted by Gasteiger charge is -2.24. The Morgan fingerprint density at radius 1 is 1.29 bits per heavy atom. The number of rotatable bonds is 3. The Morgan fingerprint density at radius 2 is 1.79 bits per heavy atom. The molecule has 0 aliphatic rings. The van der Waals surface area contributed by atoms with Crippen LogP contribution in [0.3, 0.4) is 0 Å². The Labute approximate surface area is 90.1 Å². The highest BCUT2D eigenvalue weighted by Gasteiger charge is 2.26. The van der Waals surface area contributed by atoms with Crippen molar-refractivity contribution < 1.29 is 10.0 Å². The highest BCUT2D eigenvalue weighted by atomic mass is 35.5. The van der Waals surface area contributed by atoms with Crippen LogP contribution in [0.25, 0.3) is 0 Å². The smallest absolute Gasteiger partial charge is 0.135 e. The molecular formula is C11H17ClNO+. The van der Waals surface area contributed by atoms with Gasteiger partial charge in [-0.3, -0.25) is 0 Å². The van der Waals surface area contributed by atoms with Crippen LogP contribution < -0.4 is 4.90 Å². The Balaban J connectivity index is 2.86. The van der Waals surface area contributed by atoms with E-state index in [1.165, 1.54) is 4.90 Å². The molecule has 1 aromatic carbocycles. The summed E-state index contributed by atoms with van der Waals surface area (Å²) in [6.07, 6.45) is 0. The van der Waals surface area contributed by atoms with Gasteiger partial charge in [0.05, 0.1) is 14.1 Å². The van der Waals surface area contributed by atoms with E-state index >= 15 is 0 Å². The predicted molar refractivity (Wildman–Crippen MR) is 58.7 cm³/mol. The summed E-state index contributed by atoms with van der Waals surface area (Å²) >= 11 is 5.78.